The van der Waals surface area contributed by atoms with Crippen molar-refractivity contribution >= 4 is 13.9 Å². The summed E-state index contributed by atoms with van der Waals surface area (Å²) in [7, 11) is -4.25. The van der Waals surface area contributed by atoms with Crippen LogP contribution in [-0.4, -0.2) is 33.1 Å². The van der Waals surface area contributed by atoms with E-state index in [2.05, 4.69) is 0 Å². The number of hydrogen-bond acceptors (Lipinski definition) is 4. The van der Waals surface area contributed by atoms with Gasteiger partial charge in [0, 0.05) is 5.56 Å². The minimum Gasteiger partial charge on any atom is -0.631 e. The van der Waals surface area contributed by atoms with Crippen molar-refractivity contribution in [3.63, 3.8) is 0 Å². The van der Waals surface area contributed by atoms with E-state index in [-0.39, 0.29) is 13.0 Å². The standard InChI is InChI=1S/C11H14NO5P/c13-10(14)11(8-4-2-1-3-5-8)6-9(7-12-11)18(15,16)17/h1-5,9,12H,6-7H2,(H,13,14)(H2,15,16,17)/p+1/t9-,11-/m1/s1. The summed E-state index contributed by atoms with van der Waals surface area (Å²) < 4.78 is 0. The number of nitrogens with two attached hydrogens (primary N) is 1. The molecule has 1 fully saturated rings. The Morgan fingerprint density at radius 1 is 1.39 bits per heavy atom. The Kier molecular flexibility index (Phi) is 3.40. The van der Waals surface area contributed by atoms with Crippen molar-refractivity contribution < 1.29 is 29.9 Å². The SMILES string of the molecule is O=C(O)[C@]1(c2ccccc2)C[C@@H]([P+]([O-])(O)O)C[NH2+]1. The Hall–Kier alpha value is -1.04. The third kappa shape index (κ3) is 2.25. The molecule has 0 amide bonds. The minimum atomic E-state index is -4.25. The third-order valence-corrected chi connectivity index (χ3v) is 4.79. The zero-order valence-corrected chi connectivity index (χ0v) is 10.5. The minimum absolute atomic E-state index is 0.0589. The van der Waals surface area contributed by atoms with Crippen LogP contribution < -0.4 is 10.2 Å². The molecule has 1 aliphatic heterocycles. The predicted octanol–water partition coefficient (Wildman–Crippen LogP) is -1.59. The van der Waals surface area contributed by atoms with Crippen LogP contribution >= 0.6 is 7.94 Å². The molecule has 0 unspecified atom stereocenters. The zero-order chi connectivity index (χ0) is 13.4. The van der Waals surface area contributed by atoms with Gasteiger partial charge < -0.3 is 15.3 Å². The molecule has 7 heteroatoms. The molecule has 98 valence electrons. The molecule has 18 heavy (non-hydrogen) atoms. The lowest BCUT2D eigenvalue weighted by Gasteiger charge is -2.22. The Bertz CT molecular complexity index is 446. The Balaban J connectivity index is 2.35. The molecule has 5 N–H and O–H groups in total. The lowest BCUT2D eigenvalue weighted by Crippen LogP contribution is -2.94. The van der Waals surface area contributed by atoms with Gasteiger partial charge in [0.15, 0.2) is 5.66 Å². The number of rotatable bonds is 3. The van der Waals surface area contributed by atoms with E-state index in [1.54, 1.807) is 30.3 Å². The van der Waals surface area contributed by atoms with E-state index in [9.17, 15) is 24.6 Å². The predicted molar refractivity (Wildman–Crippen MR) is 62.3 cm³/mol. The van der Waals surface area contributed by atoms with Gasteiger partial charge in [-0.1, -0.05) is 30.3 Å². The first-order valence-electron chi connectivity index (χ1n) is 5.55. The fraction of sp³-hybridized carbons (Fsp3) is 0.364. The number of quaternary nitrogens is 1. The van der Waals surface area contributed by atoms with E-state index in [4.69, 9.17) is 0 Å². The van der Waals surface area contributed by atoms with E-state index >= 15 is 0 Å². The van der Waals surface area contributed by atoms with Crippen LogP contribution in [0.1, 0.15) is 12.0 Å². The van der Waals surface area contributed by atoms with E-state index in [0.29, 0.717) is 5.56 Å². The monoisotopic (exact) mass is 272 g/mol. The fourth-order valence-electron chi connectivity index (χ4n) is 2.40. The maximum Gasteiger partial charge on any atom is 0.370 e. The van der Waals surface area contributed by atoms with Crippen LogP contribution in [0.3, 0.4) is 0 Å². The molecule has 0 aromatic heterocycles. The van der Waals surface area contributed by atoms with Crippen LogP contribution in [-0.2, 0) is 10.3 Å². The number of aliphatic carboxylic acids is 1. The highest BCUT2D eigenvalue weighted by Gasteiger charge is 2.57. The molecule has 0 saturated carbocycles. The molecular weight excluding hydrogens is 257 g/mol. The summed E-state index contributed by atoms with van der Waals surface area (Å²) in [6.45, 7) is 0.117. The average molecular weight is 272 g/mol. The van der Waals surface area contributed by atoms with Crippen LogP contribution in [0.2, 0.25) is 0 Å². The van der Waals surface area contributed by atoms with E-state index in [1.807, 2.05) is 0 Å². The van der Waals surface area contributed by atoms with Crippen LogP contribution in [0.15, 0.2) is 30.3 Å². The summed E-state index contributed by atoms with van der Waals surface area (Å²) in [6.07, 6.45) is -0.0589. The average Bonchev–Trinajstić information content (AvgIpc) is 2.76. The molecule has 0 radical (unpaired) electrons. The van der Waals surface area contributed by atoms with Gasteiger partial charge in [-0.3, -0.25) is 0 Å². The number of carbonyl (C=O) groups is 1. The van der Waals surface area contributed by atoms with Gasteiger partial charge in [-0.2, -0.15) is 0 Å². The lowest BCUT2D eigenvalue weighted by atomic mass is 9.88. The van der Waals surface area contributed by atoms with E-state index in [0.717, 1.165) is 0 Å². The van der Waals surface area contributed by atoms with Gasteiger partial charge in [0.05, 0.1) is 6.42 Å². The molecule has 1 aromatic rings. The molecule has 1 saturated heterocycles. The molecule has 2 atom stereocenters. The molecule has 0 aliphatic carbocycles. The number of carboxylic acid groups (broad SMARTS) is 1. The van der Waals surface area contributed by atoms with Gasteiger partial charge in [0.25, 0.3) is 0 Å². The van der Waals surface area contributed by atoms with Crippen molar-refractivity contribution in [3.05, 3.63) is 35.9 Å². The first kappa shape index (κ1) is 13.4. The van der Waals surface area contributed by atoms with Gasteiger partial charge in [-0.15, -0.1) is 0 Å². The second-order valence-corrected chi connectivity index (χ2v) is 6.44. The first-order valence-corrected chi connectivity index (χ1v) is 7.23. The number of hydrogen-bond donors (Lipinski definition) is 4. The van der Waals surface area contributed by atoms with Gasteiger partial charge in [0.1, 0.15) is 6.54 Å². The highest BCUT2D eigenvalue weighted by molar-refractivity contribution is 7.58. The highest BCUT2D eigenvalue weighted by atomic mass is 31.2. The molecule has 1 aliphatic rings. The van der Waals surface area contributed by atoms with Crippen molar-refractivity contribution in [1.29, 1.82) is 0 Å². The molecule has 1 heterocycles. The number of carboxylic acids is 1. The van der Waals surface area contributed by atoms with Crippen molar-refractivity contribution in [2.75, 3.05) is 6.54 Å². The molecule has 1 aromatic carbocycles. The third-order valence-electron chi connectivity index (χ3n) is 3.44. The maximum absolute atomic E-state index is 11.5. The molecule has 0 bridgehead atoms. The molecular formula is C11H15NO5P+. The Morgan fingerprint density at radius 2 is 2.00 bits per heavy atom. The van der Waals surface area contributed by atoms with Gasteiger partial charge in [-0.25, -0.2) is 14.6 Å². The highest BCUT2D eigenvalue weighted by Crippen LogP contribution is 2.50. The van der Waals surface area contributed by atoms with Gasteiger partial charge in [0.2, 0.25) is 13.5 Å². The largest absolute Gasteiger partial charge is 0.631 e. The second-order valence-electron chi connectivity index (χ2n) is 4.53. The van der Waals surface area contributed by atoms with E-state index < -0.39 is 25.1 Å². The summed E-state index contributed by atoms with van der Waals surface area (Å²) in [5.41, 5.74) is -1.63. The zero-order valence-electron chi connectivity index (χ0n) is 9.56. The summed E-state index contributed by atoms with van der Waals surface area (Å²) in [6, 6.07) is 8.56. The summed E-state index contributed by atoms with van der Waals surface area (Å²) in [5.74, 6) is -1.07. The first-order chi connectivity index (χ1) is 8.36. The van der Waals surface area contributed by atoms with Crippen LogP contribution in [0.4, 0.5) is 0 Å². The van der Waals surface area contributed by atoms with Crippen molar-refractivity contribution in [1.82, 2.24) is 0 Å². The Labute approximate surface area is 104 Å². The normalized spacial score (nSPS) is 28.3. The maximum atomic E-state index is 11.5. The second kappa shape index (κ2) is 4.57. The molecule has 6 nitrogen and oxygen atoms in total. The van der Waals surface area contributed by atoms with Crippen LogP contribution in [0.25, 0.3) is 0 Å². The summed E-state index contributed by atoms with van der Waals surface area (Å²) >= 11 is 0. The van der Waals surface area contributed by atoms with E-state index in [1.165, 1.54) is 5.32 Å². The van der Waals surface area contributed by atoms with Crippen LogP contribution in [0, 0.1) is 0 Å². The number of benzene rings is 1. The van der Waals surface area contributed by atoms with Gasteiger partial charge >= 0.3 is 5.97 Å². The fourth-order valence-corrected chi connectivity index (χ4v) is 3.31. The van der Waals surface area contributed by atoms with Crippen LogP contribution in [0.5, 0.6) is 0 Å². The lowest BCUT2D eigenvalue weighted by molar-refractivity contribution is -0.703. The van der Waals surface area contributed by atoms with Gasteiger partial charge in [-0.05, 0) is 0 Å². The molecule has 0 spiro atoms. The van der Waals surface area contributed by atoms with Crippen molar-refractivity contribution in [3.8, 4) is 0 Å². The summed E-state index contributed by atoms with van der Waals surface area (Å²) in [4.78, 5) is 41.1. The van der Waals surface area contributed by atoms with Crippen molar-refractivity contribution in [2.24, 2.45) is 0 Å². The summed E-state index contributed by atoms with van der Waals surface area (Å²) in [5, 5.41) is 10.9. The van der Waals surface area contributed by atoms with Crippen molar-refractivity contribution in [2.45, 2.75) is 17.6 Å². The Morgan fingerprint density at radius 3 is 2.44 bits per heavy atom. The topological polar surface area (TPSA) is 117 Å². The molecule has 2 rings (SSSR count). The smallest absolute Gasteiger partial charge is 0.370 e. The quantitative estimate of drug-likeness (QED) is 0.495.